The Balaban J connectivity index is 1.30. The van der Waals surface area contributed by atoms with Crippen LogP contribution in [0.5, 0.6) is 0 Å². The lowest BCUT2D eigenvalue weighted by molar-refractivity contribution is 0.0950. The van der Waals surface area contributed by atoms with E-state index < -0.39 is 0 Å². The molecule has 1 fully saturated rings. The van der Waals surface area contributed by atoms with Gasteiger partial charge in [-0.2, -0.15) is 0 Å². The monoisotopic (exact) mass is 450 g/mol. The zero-order valence-electron chi connectivity index (χ0n) is 18.9. The number of para-hydroxylation sites is 2. The van der Waals surface area contributed by atoms with Crippen LogP contribution in [0.2, 0.25) is 0 Å². The van der Waals surface area contributed by atoms with E-state index in [0.717, 1.165) is 52.3 Å². The normalized spacial score (nSPS) is 14.6. The highest BCUT2D eigenvalue weighted by Crippen LogP contribution is 2.35. The largest absolute Gasteiger partial charge is 0.345 e. The molecule has 2 aromatic carbocycles. The van der Waals surface area contributed by atoms with Crippen LogP contribution < -0.4 is 5.32 Å². The quantitative estimate of drug-likeness (QED) is 0.375. The molecule has 0 radical (unpaired) electrons. The fourth-order valence-electron chi connectivity index (χ4n) is 4.98. The zero-order valence-corrected chi connectivity index (χ0v) is 18.9. The lowest BCUT2D eigenvalue weighted by Gasteiger charge is -2.25. The predicted octanol–water partition coefficient (Wildman–Crippen LogP) is 5.41. The van der Waals surface area contributed by atoms with Crippen LogP contribution in [-0.4, -0.2) is 30.4 Å². The Morgan fingerprint density at radius 3 is 2.65 bits per heavy atom. The maximum Gasteiger partial charge on any atom is 0.251 e. The van der Waals surface area contributed by atoms with Gasteiger partial charge in [0.2, 0.25) is 0 Å². The van der Waals surface area contributed by atoms with Gasteiger partial charge in [0, 0.05) is 17.8 Å². The third-order valence-electron chi connectivity index (χ3n) is 6.64. The number of hydrogen-bond acceptors (Lipinski definition) is 4. The Hall–Kier alpha value is -4.00. The molecule has 0 aliphatic heterocycles. The minimum atomic E-state index is -0.144. The Kier molecular flexibility index (Phi) is 5.30. The minimum Gasteiger partial charge on any atom is -0.345 e. The molecule has 3 aromatic heterocycles. The summed E-state index contributed by atoms with van der Waals surface area (Å²) in [6.07, 6.45) is 7.84. The number of pyridine rings is 1. The summed E-state index contributed by atoms with van der Waals surface area (Å²) >= 11 is 0. The van der Waals surface area contributed by atoms with E-state index in [9.17, 15) is 4.79 Å². The fraction of sp³-hybridized carbons (Fsp3) is 0.259. The van der Waals surface area contributed by atoms with E-state index in [0.29, 0.717) is 18.2 Å². The average molecular weight is 451 g/mol. The number of fused-ring (bicyclic) bond motifs is 2. The molecular formula is C27H26N6O. The molecule has 1 aliphatic carbocycles. The first kappa shape index (κ1) is 20.6. The number of aromatic nitrogens is 5. The molecule has 0 unspecified atom stereocenters. The first-order chi connectivity index (χ1) is 16.8. The smallest absolute Gasteiger partial charge is 0.251 e. The standard InChI is InChI=1S/C27H26N6O/c34-27(29-17-25-30-20-10-4-5-11-21(20)31-25)18-13-14-24-23(16-18)32-26(22-12-6-7-15-28-22)33(24)19-8-2-1-3-9-19/h4-7,10-16,19H,1-3,8-9,17H2,(H,29,34)(H,30,31). The number of imidazole rings is 2. The van der Waals surface area contributed by atoms with E-state index in [-0.39, 0.29) is 5.91 Å². The van der Waals surface area contributed by atoms with Crippen molar-refractivity contribution in [1.82, 2.24) is 29.8 Å². The number of carbonyl (C=O) groups excluding carboxylic acids is 1. The number of H-pyrrole nitrogens is 1. The molecule has 0 atom stereocenters. The van der Waals surface area contributed by atoms with Gasteiger partial charge >= 0.3 is 0 Å². The summed E-state index contributed by atoms with van der Waals surface area (Å²) in [6, 6.07) is 20.0. The van der Waals surface area contributed by atoms with E-state index in [1.807, 2.05) is 60.7 Å². The van der Waals surface area contributed by atoms with Crippen LogP contribution in [0.4, 0.5) is 0 Å². The molecule has 7 nitrogen and oxygen atoms in total. The van der Waals surface area contributed by atoms with E-state index >= 15 is 0 Å². The lowest BCUT2D eigenvalue weighted by Crippen LogP contribution is -2.23. The van der Waals surface area contributed by atoms with Crippen LogP contribution in [0.1, 0.15) is 54.3 Å². The lowest BCUT2D eigenvalue weighted by atomic mass is 9.95. The summed E-state index contributed by atoms with van der Waals surface area (Å²) in [4.78, 5) is 30.2. The summed E-state index contributed by atoms with van der Waals surface area (Å²) in [5.41, 5.74) is 5.18. The molecule has 3 heterocycles. The van der Waals surface area contributed by atoms with Crippen molar-refractivity contribution in [3.8, 4) is 11.5 Å². The van der Waals surface area contributed by atoms with E-state index in [1.165, 1.54) is 19.3 Å². The second kappa shape index (κ2) is 8.74. The van der Waals surface area contributed by atoms with Gasteiger partial charge in [-0.1, -0.05) is 37.5 Å². The highest BCUT2D eigenvalue weighted by Gasteiger charge is 2.23. The third-order valence-corrected chi connectivity index (χ3v) is 6.64. The van der Waals surface area contributed by atoms with Gasteiger partial charge in [-0.25, -0.2) is 9.97 Å². The fourth-order valence-corrected chi connectivity index (χ4v) is 4.98. The van der Waals surface area contributed by atoms with Crippen molar-refractivity contribution in [2.24, 2.45) is 0 Å². The number of hydrogen-bond donors (Lipinski definition) is 2. The van der Waals surface area contributed by atoms with Crippen molar-refractivity contribution in [2.75, 3.05) is 0 Å². The van der Waals surface area contributed by atoms with Gasteiger partial charge in [-0.05, 0) is 55.3 Å². The van der Waals surface area contributed by atoms with E-state index in [2.05, 4.69) is 24.8 Å². The molecule has 1 aliphatic rings. The van der Waals surface area contributed by atoms with E-state index in [4.69, 9.17) is 4.98 Å². The molecular weight excluding hydrogens is 424 g/mol. The average Bonchev–Trinajstić information content (AvgIpc) is 3.49. The van der Waals surface area contributed by atoms with Crippen molar-refractivity contribution >= 4 is 28.0 Å². The van der Waals surface area contributed by atoms with Crippen LogP contribution >= 0.6 is 0 Å². The summed E-state index contributed by atoms with van der Waals surface area (Å²) < 4.78 is 2.34. The molecule has 0 bridgehead atoms. The number of benzene rings is 2. The number of carbonyl (C=O) groups is 1. The van der Waals surface area contributed by atoms with Gasteiger partial charge in [-0.3, -0.25) is 9.78 Å². The van der Waals surface area contributed by atoms with Crippen LogP contribution in [0.15, 0.2) is 66.9 Å². The van der Waals surface area contributed by atoms with Gasteiger partial charge in [0.25, 0.3) is 5.91 Å². The molecule has 1 saturated carbocycles. The third kappa shape index (κ3) is 3.83. The van der Waals surface area contributed by atoms with Crippen LogP contribution in [0.25, 0.3) is 33.6 Å². The maximum absolute atomic E-state index is 12.9. The highest BCUT2D eigenvalue weighted by molar-refractivity contribution is 5.97. The topological polar surface area (TPSA) is 88.5 Å². The van der Waals surface area contributed by atoms with Gasteiger partial charge in [0.1, 0.15) is 11.5 Å². The first-order valence-corrected chi connectivity index (χ1v) is 11.9. The molecule has 2 N–H and O–H groups in total. The Morgan fingerprint density at radius 2 is 1.82 bits per heavy atom. The summed E-state index contributed by atoms with van der Waals surface area (Å²) in [7, 11) is 0. The van der Waals surface area contributed by atoms with Crippen molar-refractivity contribution in [1.29, 1.82) is 0 Å². The van der Waals surface area contributed by atoms with Crippen LogP contribution in [0.3, 0.4) is 0 Å². The van der Waals surface area contributed by atoms with Crippen LogP contribution in [-0.2, 0) is 6.54 Å². The molecule has 6 rings (SSSR count). The predicted molar refractivity (Wildman–Crippen MR) is 132 cm³/mol. The minimum absolute atomic E-state index is 0.144. The summed E-state index contributed by atoms with van der Waals surface area (Å²) in [5, 5.41) is 2.98. The van der Waals surface area contributed by atoms with Crippen LogP contribution in [0, 0.1) is 0 Å². The second-order valence-electron chi connectivity index (χ2n) is 8.90. The first-order valence-electron chi connectivity index (χ1n) is 11.9. The van der Waals surface area contributed by atoms with E-state index in [1.54, 1.807) is 6.20 Å². The highest BCUT2D eigenvalue weighted by atomic mass is 16.1. The van der Waals surface area contributed by atoms with Crippen molar-refractivity contribution < 1.29 is 4.79 Å². The molecule has 170 valence electrons. The Bertz CT molecular complexity index is 1430. The van der Waals surface area contributed by atoms with Crippen molar-refractivity contribution in [3.05, 3.63) is 78.2 Å². The van der Waals surface area contributed by atoms with Gasteiger partial charge in [-0.15, -0.1) is 0 Å². The SMILES string of the molecule is O=C(NCc1nc2ccccc2[nH]1)c1ccc2c(c1)nc(-c1ccccn1)n2C1CCCCC1. The molecule has 34 heavy (non-hydrogen) atoms. The van der Waals surface area contributed by atoms with Crippen molar-refractivity contribution in [3.63, 3.8) is 0 Å². The number of amides is 1. The number of nitrogens with zero attached hydrogens (tertiary/aromatic N) is 4. The zero-order chi connectivity index (χ0) is 22.9. The number of aromatic amines is 1. The Morgan fingerprint density at radius 1 is 0.971 bits per heavy atom. The summed E-state index contributed by atoms with van der Waals surface area (Å²) in [6.45, 7) is 0.335. The number of rotatable bonds is 5. The second-order valence-corrected chi connectivity index (χ2v) is 8.90. The van der Waals surface area contributed by atoms with Gasteiger partial charge < -0.3 is 14.9 Å². The summed E-state index contributed by atoms with van der Waals surface area (Å²) in [5.74, 6) is 1.46. The Labute approximate surface area is 197 Å². The van der Waals surface area contributed by atoms with Gasteiger partial charge in [0.05, 0.1) is 28.6 Å². The molecule has 7 heteroatoms. The molecule has 5 aromatic rings. The van der Waals surface area contributed by atoms with Gasteiger partial charge in [0.15, 0.2) is 5.82 Å². The maximum atomic E-state index is 12.9. The molecule has 1 amide bonds. The molecule has 0 spiro atoms. The van der Waals surface area contributed by atoms with Crippen molar-refractivity contribution in [2.45, 2.75) is 44.7 Å². The molecule has 0 saturated heterocycles. The number of nitrogens with one attached hydrogen (secondary N) is 2.